The van der Waals surface area contributed by atoms with E-state index in [2.05, 4.69) is 15.3 Å². The van der Waals surface area contributed by atoms with Gasteiger partial charge in [-0.15, -0.1) is 0 Å². The molecule has 0 spiro atoms. The van der Waals surface area contributed by atoms with Crippen LogP contribution in [0.4, 0.5) is 13.2 Å². The Kier molecular flexibility index (Phi) is 8.21. The molecule has 2 N–H and O–H groups in total. The number of amides is 1. The molecule has 3 heterocycles. The van der Waals surface area contributed by atoms with Gasteiger partial charge in [-0.25, -0.2) is 14.8 Å². The maximum Gasteiger partial charge on any atom is 0.434 e. The monoisotopic (exact) mass is 574 g/mol. The molecule has 0 bridgehead atoms. The minimum Gasteiger partial charge on any atom is -0.494 e. The van der Waals surface area contributed by atoms with Gasteiger partial charge in [0.1, 0.15) is 11.3 Å². The summed E-state index contributed by atoms with van der Waals surface area (Å²) in [4.78, 5) is 32.9. The highest BCUT2D eigenvalue weighted by atomic mass is 19.4. The van der Waals surface area contributed by atoms with Crippen molar-refractivity contribution in [2.45, 2.75) is 63.1 Å². The largest absolute Gasteiger partial charge is 0.494 e. The lowest BCUT2D eigenvalue weighted by Gasteiger charge is -2.34. The summed E-state index contributed by atoms with van der Waals surface area (Å²) in [7, 11) is 1.76. The van der Waals surface area contributed by atoms with Crippen molar-refractivity contribution in [3.63, 3.8) is 0 Å². The van der Waals surface area contributed by atoms with Gasteiger partial charge in [-0.3, -0.25) is 4.79 Å². The van der Waals surface area contributed by atoms with Crippen molar-refractivity contribution in [3.05, 3.63) is 41.9 Å². The summed E-state index contributed by atoms with van der Waals surface area (Å²) in [5.74, 6) is -1.40. The van der Waals surface area contributed by atoms with Crippen LogP contribution in [0.25, 0.3) is 22.3 Å². The Morgan fingerprint density at radius 3 is 2.61 bits per heavy atom. The molecule has 1 saturated heterocycles. The normalized spacial score (nSPS) is 17.9. The van der Waals surface area contributed by atoms with E-state index < -0.39 is 34.8 Å². The molecule has 1 aliphatic carbocycles. The van der Waals surface area contributed by atoms with Crippen LogP contribution in [-0.4, -0.2) is 56.9 Å². The summed E-state index contributed by atoms with van der Waals surface area (Å²) in [6.45, 7) is 2.10. The highest BCUT2D eigenvalue weighted by Crippen LogP contribution is 2.36. The van der Waals surface area contributed by atoms with Gasteiger partial charge in [0, 0.05) is 49.7 Å². The third-order valence-corrected chi connectivity index (χ3v) is 8.11. The van der Waals surface area contributed by atoms with Crippen molar-refractivity contribution < 1.29 is 37.3 Å². The first-order valence-corrected chi connectivity index (χ1v) is 13.9. The number of aromatic nitrogens is 3. The maximum absolute atomic E-state index is 14.1. The fraction of sp³-hybridized carbons (Fsp3) is 0.517. The smallest absolute Gasteiger partial charge is 0.434 e. The van der Waals surface area contributed by atoms with Crippen LogP contribution in [0.5, 0.6) is 5.75 Å². The standard InChI is InChI=1S/C29H33F3N4O5/c1-36-17-22(20-6-5-19(15-23(20)36)41-14-9-18-7-12-40-13-8-18)25-33-16-21(24(34-25)29(30,31)32)26(37)35-28(27(38)39)10-3-2-4-11-28/h5-6,15-18H,2-4,7-14H2,1H3,(H,35,37)(H,38,39). The number of fused-ring (bicyclic) bond motifs is 1. The molecule has 3 aromatic rings. The fourth-order valence-corrected chi connectivity index (χ4v) is 5.74. The van der Waals surface area contributed by atoms with Gasteiger partial charge in [0.15, 0.2) is 11.5 Å². The Labute approximate surface area is 235 Å². The van der Waals surface area contributed by atoms with Crippen LogP contribution in [-0.2, 0) is 22.8 Å². The number of ether oxygens (including phenoxy) is 2. The predicted octanol–water partition coefficient (Wildman–Crippen LogP) is 5.37. The number of halogens is 3. The summed E-state index contributed by atoms with van der Waals surface area (Å²) >= 11 is 0. The van der Waals surface area contributed by atoms with Crippen molar-refractivity contribution in [2.24, 2.45) is 13.0 Å². The zero-order chi connectivity index (χ0) is 29.2. The molecule has 9 nitrogen and oxygen atoms in total. The van der Waals surface area contributed by atoms with Crippen LogP contribution in [0.1, 0.15) is 67.4 Å². The molecule has 220 valence electrons. The quantitative estimate of drug-likeness (QED) is 0.372. The van der Waals surface area contributed by atoms with Crippen LogP contribution in [0, 0.1) is 5.92 Å². The van der Waals surface area contributed by atoms with Gasteiger partial charge in [-0.1, -0.05) is 19.3 Å². The second kappa shape index (κ2) is 11.7. The van der Waals surface area contributed by atoms with E-state index in [1.165, 1.54) is 0 Å². The van der Waals surface area contributed by atoms with Crippen LogP contribution in [0.2, 0.25) is 0 Å². The third-order valence-electron chi connectivity index (χ3n) is 8.11. The lowest BCUT2D eigenvalue weighted by atomic mass is 9.81. The second-order valence-corrected chi connectivity index (χ2v) is 10.9. The lowest BCUT2D eigenvalue weighted by molar-refractivity contribution is -0.145. The Hall–Kier alpha value is -3.67. The Balaban J connectivity index is 1.40. The van der Waals surface area contributed by atoms with Crippen molar-refractivity contribution in [1.29, 1.82) is 0 Å². The number of carbonyl (C=O) groups excluding carboxylic acids is 1. The molecule has 1 amide bonds. The predicted molar refractivity (Wildman–Crippen MR) is 144 cm³/mol. The van der Waals surface area contributed by atoms with E-state index in [1.54, 1.807) is 29.9 Å². The van der Waals surface area contributed by atoms with Gasteiger partial charge < -0.3 is 24.5 Å². The molecule has 0 unspecified atom stereocenters. The lowest BCUT2D eigenvalue weighted by Crippen LogP contribution is -2.55. The van der Waals surface area contributed by atoms with E-state index in [0.717, 1.165) is 50.6 Å². The van der Waals surface area contributed by atoms with Crippen LogP contribution >= 0.6 is 0 Å². The zero-order valence-electron chi connectivity index (χ0n) is 22.8. The van der Waals surface area contributed by atoms with Gasteiger partial charge in [0.2, 0.25) is 0 Å². The number of hydrogen-bond donors (Lipinski definition) is 2. The topological polar surface area (TPSA) is 116 Å². The first-order valence-electron chi connectivity index (χ1n) is 13.9. The first-order chi connectivity index (χ1) is 19.6. The van der Waals surface area contributed by atoms with E-state index in [4.69, 9.17) is 9.47 Å². The van der Waals surface area contributed by atoms with Crippen LogP contribution in [0.3, 0.4) is 0 Å². The number of aliphatic carboxylic acids is 1. The number of benzene rings is 1. The third kappa shape index (κ3) is 6.17. The van der Waals surface area contributed by atoms with Crippen molar-refractivity contribution >= 4 is 22.8 Å². The van der Waals surface area contributed by atoms with Crippen molar-refractivity contribution in [1.82, 2.24) is 19.9 Å². The van der Waals surface area contributed by atoms with Gasteiger partial charge in [-0.05, 0) is 50.2 Å². The Morgan fingerprint density at radius 1 is 1.20 bits per heavy atom. The summed E-state index contributed by atoms with van der Waals surface area (Å²) in [5, 5.41) is 12.7. The van der Waals surface area contributed by atoms with E-state index >= 15 is 0 Å². The van der Waals surface area contributed by atoms with Gasteiger partial charge in [-0.2, -0.15) is 13.2 Å². The van der Waals surface area contributed by atoms with Gasteiger partial charge >= 0.3 is 12.1 Å². The molecule has 1 aromatic carbocycles. The first kappa shape index (κ1) is 28.8. The van der Waals surface area contributed by atoms with Gasteiger partial charge in [0.05, 0.1) is 17.7 Å². The summed E-state index contributed by atoms with van der Waals surface area (Å²) in [6, 6.07) is 5.34. The average molecular weight is 575 g/mol. The Morgan fingerprint density at radius 2 is 1.93 bits per heavy atom. The van der Waals surface area contributed by atoms with E-state index in [-0.39, 0.29) is 18.7 Å². The van der Waals surface area contributed by atoms with E-state index in [1.807, 2.05) is 6.07 Å². The number of carbonyl (C=O) groups is 2. The number of nitrogens with zero attached hydrogens (tertiary/aromatic N) is 3. The fourth-order valence-electron chi connectivity index (χ4n) is 5.74. The van der Waals surface area contributed by atoms with Crippen molar-refractivity contribution in [3.8, 4) is 17.1 Å². The SMILES string of the molecule is Cn1cc(-c2ncc(C(=O)NC3(C(=O)O)CCCCC3)c(C(F)(F)F)n2)c2ccc(OCCC3CCOCC3)cc21. The average Bonchev–Trinajstić information content (AvgIpc) is 3.29. The van der Waals surface area contributed by atoms with E-state index in [0.29, 0.717) is 42.1 Å². The highest BCUT2D eigenvalue weighted by molar-refractivity contribution is 5.99. The number of aryl methyl sites for hydroxylation is 1. The molecule has 0 radical (unpaired) electrons. The van der Waals surface area contributed by atoms with Gasteiger partial charge in [0.25, 0.3) is 5.91 Å². The number of alkyl halides is 3. The highest BCUT2D eigenvalue weighted by Gasteiger charge is 2.44. The second-order valence-electron chi connectivity index (χ2n) is 10.9. The number of hydrogen-bond acceptors (Lipinski definition) is 6. The molecule has 1 aliphatic heterocycles. The zero-order valence-corrected chi connectivity index (χ0v) is 22.8. The molecule has 41 heavy (non-hydrogen) atoms. The van der Waals surface area contributed by atoms with E-state index in [9.17, 15) is 27.9 Å². The summed E-state index contributed by atoms with van der Waals surface area (Å²) in [6.07, 6.45) is 2.64. The molecule has 1 saturated carbocycles. The number of rotatable bonds is 8. The maximum atomic E-state index is 14.1. The number of carboxylic acid groups (broad SMARTS) is 1. The molecule has 12 heteroatoms. The minimum absolute atomic E-state index is 0.144. The molecule has 0 atom stereocenters. The van der Waals surface area contributed by atoms with Crippen molar-refractivity contribution in [2.75, 3.05) is 19.8 Å². The Bertz CT molecular complexity index is 1430. The number of carboxylic acids is 1. The number of nitrogens with one attached hydrogen (secondary N) is 1. The van der Waals surface area contributed by atoms with Crippen LogP contribution < -0.4 is 10.1 Å². The molecule has 2 aliphatic rings. The summed E-state index contributed by atoms with van der Waals surface area (Å²) in [5.41, 5.74) is -2.75. The molecule has 2 aromatic heterocycles. The summed E-state index contributed by atoms with van der Waals surface area (Å²) < 4.78 is 55.6. The minimum atomic E-state index is -4.97. The molecular weight excluding hydrogens is 541 g/mol. The van der Waals surface area contributed by atoms with Crippen LogP contribution in [0.15, 0.2) is 30.6 Å². The molecule has 5 rings (SSSR count). The molecule has 2 fully saturated rings. The molecular formula is C29H33F3N4O5.